The second-order valence-corrected chi connectivity index (χ2v) is 6.94. The number of hydrogen-bond donors (Lipinski definition) is 2. The second kappa shape index (κ2) is 9.63. The first kappa shape index (κ1) is 23.0. The number of carbonyl (C=O) groups is 2. The van der Waals surface area contributed by atoms with E-state index in [1.54, 1.807) is 19.9 Å². The fourth-order valence-electron chi connectivity index (χ4n) is 2.88. The van der Waals surface area contributed by atoms with Crippen LogP contribution in [0.1, 0.15) is 35.0 Å². The van der Waals surface area contributed by atoms with Gasteiger partial charge in [-0.05, 0) is 43.3 Å². The molecule has 2 amide bonds. The third kappa shape index (κ3) is 5.93. The van der Waals surface area contributed by atoms with E-state index in [1.807, 2.05) is 0 Å². The number of nitrogens with zero attached hydrogens (tertiary/aromatic N) is 2. The molecule has 0 bridgehead atoms. The lowest BCUT2D eigenvalue weighted by atomic mass is 10.1. The van der Waals surface area contributed by atoms with Crippen LogP contribution in [0.25, 0.3) is 10.9 Å². The molecule has 0 aliphatic rings. The van der Waals surface area contributed by atoms with Crippen LogP contribution in [0.2, 0.25) is 0 Å². The molecular formula is C22H21F3N4O3. The number of pyridine rings is 2. The molecule has 0 fully saturated rings. The maximum atomic E-state index is 12.8. The predicted molar refractivity (Wildman–Crippen MR) is 112 cm³/mol. The van der Waals surface area contributed by atoms with Crippen LogP contribution in [0, 0.1) is 6.92 Å². The maximum absolute atomic E-state index is 12.8. The van der Waals surface area contributed by atoms with Crippen molar-refractivity contribution < 1.29 is 27.5 Å². The summed E-state index contributed by atoms with van der Waals surface area (Å²) < 4.78 is 43.9. The van der Waals surface area contributed by atoms with Gasteiger partial charge in [-0.15, -0.1) is 0 Å². The van der Waals surface area contributed by atoms with E-state index in [0.29, 0.717) is 34.4 Å². The molecule has 0 aliphatic carbocycles. The number of halogens is 3. The zero-order valence-corrected chi connectivity index (χ0v) is 17.4. The first-order valence-electron chi connectivity index (χ1n) is 9.83. The van der Waals surface area contributed by atoms with Gasteiger partial charge in [-0.2, -0.15) is 13.2 Å². The normalized spacial score (nSPS) is 11.3. The van der Waals surface area contributed by atoms with E-state index in [2.05, 4.69) is 20.6 Å². The molecule has 32 heavy (non-hydrogen) atoms. The number of nitrogens with one attached hydrogen (secondary N) is 2. The molecule has 0 radical (unpaired) electrons. The average Bonchev–Trinajstić information content (AvgIpc) is 2.74. The average molecular weight is 446 g/mol. The van der Waals surface area contributed by atoms with Gasteiger partial charge in [0.05, 0.1) is 17.6 Å². The van der Waals surface area contributed by atoms with Crippen molar-refractivity contribution in [1.29, 1.82) is 0 Å². The first-order valence-corrected chi connectivity index (χ1v) is 9.83. The van der Waals surface area contributed by atoms with Crippen molar-refractivity contribution in [2.45, 2.75) is 26.4 Å². The molecular weight excluding hydrogens is 425 g/mol. The van der Waals surface area contributed by atoms with Crippen molar-refractivity contribution in [3.63, 3.8) is 0 Å². The van der Waals surface area contributed by atoms with Gasteiger partial charge in [-0.1, -0.05) is 6.92 Å². The molecule has 0 saturated heterocycles. The van der Waals surface area contributed by atoms with Crippen LogP contribution < -0.4 is 15.4 Å². The van der Waals surface area contributed by atoms with Gasteiger partial charge >= 0.3 is 6.18 Å². The molecule has 7 nitrogen and oxygen atoms in total. The molecule has 3 rings (SSSR count). The van der Waals surface area contributed by atoms with Crippen LogP contribution in [-0.4, -0.2) is 34.9 Å². The summed E-state index contributed by atoms with van der Waals surface area (Å²) in [6.07, 6.45) is -4.13. The largest absolute Gasteiger partial charge is 0.476 e. The molecule has 0 saturated carbocycles. The Balaban J connectivity index is 1.56. The number of benzene rings is 1. The number of alkyl halides is 3. The molecule has 10 heteroatoms. The summed E-state index contributed by atoms with van der Waals surface area (Å²) in [5.41, 5.74) is 0.544. The first-order chi connectivity index (χ1) is 15.2. The highest BCUT2D eigenvalue weighted by Gasteiger charge is 2.30. The number of fused-ring (bicyclic) bond motifs is 1. The summed E-state index contributed by atoms with van der Waals surface area (Å²) in [6, 6.07) is 9.33. The number of hydrogen-bond acceptors (Lipinski definition) is 5. The van der Waals surface area contributed by atoms with Crippen LogP contribution in [0.3, 0.4) is 0 Å². The van der Waals surface area contributed by atoms with Gasteiger partial charge in [0.1, 0.15) is 12.4 Å². The van der Waals surface area contributed by atoms with Crippen molar-refractivity contribution in [2.75, 3.05) is 18.5 Å². The van der Waals surface area contributed by atoms with Crippen molar-refractivity contribution >= 4 is 28.5 Å². The smallest absolute Gasteiger partial charge is 0.416 e. The minimum atomic E-state index is -4.42. The number of rotatable bonds is 7. The Kier molecular flexibility index (Phi) is 6.92. The van der Waals surface area contributed by atoms with Crippen molar-refractivity contribution in [3.8, 4) is 5.88 Å². The van der Waals surface area contributed by atoms with E-state index < -0.39 is 11.7 Å². The third-order valence-corrected chi connectivity index (χ3v) is 4.43. The minimum absolute atomic E-state index is 0.106. The molecule has 0 unspecified atom stereocenters. The highest BCUT2D eigenvalue weighted by Crippen LogP contribution is 2.31. The van der Waals surface area contributed by atoms with Gasteiger partial charge in [0.2, 0.25) is 11.8 Å². The fourth-order valence-corrected chi connectivity index (χ4v) is 2.88. The van der Waals surface area contributed by atoms with Crippen molar-refractivity contribution in [3.05, 3.63) is 59.3 Å². The van der Waals surface area contributed by atoms with Crippen molar-refractivity contribution in [1.82, 2.24) is 15.3 Å². The topological polar surface area (TPSA) is 93.2 Å². The molecule has 0 atom stereocenters. The molecule has 0 spiro atoms. The highest BCUT2D eigenvalue weighted by molar-refractivity contribution is 5.96. The Bertz CT molecular complexity index is 1150. The van der Waals surface area contributed by atoms with Gasteiger partial charge < -0.3 is 15.4 Å². The van der Waals surface area contributed by atoms with Crippen LogP contribution in [0.4, 0.5) is 19.0 Å². The Morgan fingerprint density at radius 3 is 2.56 bits per heavy atom. The summed E-state index contributed by atoms with van der Waals surface area (Å²) >= 11 is 0. The van der Waals surface area contributed by atoms with E-state index in [0.717, 1.165) is 12.1 Å². The highest BCUT2D eigenvalue weighted by atomic mass is 19.4. The van der Waals surface area contributed by atoms with Crippen LogP contribution in [0.5, 0.6) is 5.88 Å². The third-order valence-electron chi connectivity index (χ3n) is 4.43. The van der Waals surface area contributed by atoms with Gasteiger partial charge in [0.25, 0.3) is 5.91 Å². The SMILES string of the molecule is CCC(=O)Nc1cc(C(=O)NCCOc2ccc3cc(C(F)(F)F)ccc3n2)cc(C)n1. The van der Waals surface area contributed by atoms with Gasteiger partial charge in [-0.25, -0.2) is 9.97 Å². The number of amides is 2. The van der Waals surface area contributed by atoms with Gasteiger partial charge in [0, 0.05) is 29.1 Å². The van der Waals surface area contributed by atoms with E-state index in [4.69, 9.17) is 4.74 Å². The zero-order chi connectivity index (χ0) is 23.3. The Hall–Kier alpha value is -3.69. The second-order valence-electron chi connectivity index (χ2n) is 6.94. The van der Waals surface area contributed by atoms with Gasteiger partial charge in [0.15, 0.2) is 0 Å². The molecule has 1 aromatic carbocycles. The van der Waals surface area contributed by atoms with E-state index >= 15 is 0 Å². The summed E-state index contributed by atoms with van der Waals surface area (Å²) in [5, 5.41) is 5.66. The quantitative estimate of drug-likeness (QED) is 0.533. The van der Waals surface area contributed by atoms with E-state index in [-0.39, 0.29) is 30.8 Å². The number of ether oxygens (including phenoxy) is 1. The molecule has 2 heterocycles. The van der Waals surface area contributed by atoms with E-state index in [9.17, 15) is 22.8 Å². The summed E-state index contributed by atoms with van der Waals surface area (Å²) in [6.45, 7) is 3.70. The Labute approximate surface area is 182 Å². The Morgan fingerprint density at radius 1 is 1.06 bits per heavy atom. The Morgan fingerprint density at radius 2 is 1.84 bits per heavy atom. The van der Waals surface area contributed by atoms with Gasteiger partial charge in [-0.3, -0.25) is 9.59 Å². The van der Waals surface area contributed by atoms with Crippen LogP contribution >= 0.6 is 0 Å². The molecule has 168 valence electrons. The van der Waals surface area contributed by atoms with Crippen molar-refractivity contribution in [2.24, 2.45) is 0 Å². The maximum Gasteiger partial charge on any atom is 0.416 e. The number of aryl methyl sites for hydroxylation is 1. The van der Waals surface area contributed by atoms with Crippen LogP contribution in [-0.2, 0) is 11.0 Å². The lowest BCUT2D eigenvalue weighted by Gasteiger charge is -2.10. The molecule has 3 aromatic rings. The molecule has 2 N–H and O–H groups in total. The lowest BCUT2D eigenvalue weighted by molar-refractivity contribution is -0.137. The summed E-state index contributed by atoms with van der Waals surface area (Å²) in [7, 11) is 0. The lowest BCUT2D eigenvalue weighted by Crippen LogP contribution is -2.28. The van der Waals surface area contributed by atoms with Crippen LogP contribution in [0.15, 0.2) is 42.5 Å². The number of anilines is 1. The number of carbonyl (C=O) groups excluding carboxylic acids is 2. The minimum Gasteiger partial charge on any atom is -0.476 e. The fraction of sp³-hybridized carbons (Fsp3) is 0.273. The zero-order valence-electron chi connectivity index (χ0n) is 17.4. The predicted octanol–water partition coefficient (Wildman–Crippen LogP) is 4.11. The monoisotopic (exact) mass is 446 g/mol. The standard InChI is InChI=1S/C22H21F3N4O3/c1-3-19(30)29-18-12-15(10-13(2)27-18)21(31)26-8-9-32-20-7-4-14-11-16(22(23,24)25)5-6-17(14)28-20/h4-7,10-12H,3,8-9H2,1-2H3,(H,26,31)(H,27,29,30). The summed E-state index contributed by atoms with van der Waals surface area (Å²) in [4.78, 5) is 32.3. The molecule has 2 aromatic heterocycles. The molecule has 0 aliphatic heterocycles. The number of aromatic nitrogens is 2. The van der Waals surface area contributed by atoms with E-state index in [1.165, 1.54) is 24.3 Å². The summed E-state index contributed by atoms with van der Waals surface area (Å²) in [5.74, 6) is -0.0410.